The highest BCUT2D eigenvalue weighted by Crippen LogP contribution is 2.10. The molecule has 0 atom stereocenters. The van der Waals surface area contributed by atoms with Gasteiger partial charge in [-0.25, -0.2) is 0 Å². The first-order valence-electron chi connectivity index (χ1n) is 5.91. The molecular formula is C13H21NO3. The summed E-state index contributed by atoms with van der Waals surface area (Å²) in [6.07, 6.45) is 0. The fraction of sp³-hybridized carbons (Fsp3) is 0.538. The van der Waals surface area contributed by atoms with E-state index in [1.54, 1.807) is 0 Å². The Balaban J connectivity index is 1.95. The van der Waals surface area contributed by atoms with Crippen LogP contribution in [-0.2, 0) is 4.74 Å². The summed E-state index contributed by atoms with van der Waals surface area (Å²) < 4.78 is 10.9. The van der Waals surface area contributed by atoms with Crippen LogP contribution in [0.15, 0.2) is 24.3 Å². The number of aliphatic hydroxyl groups is 1. The maximum atomic E-state index is 8.53. The van der Waals surface area contributed by atoms with Gasteiger partial charge in [0.25, 0.3) is 0 Å². The molecule has 0 radical (unpaired) electrons. The molecule has 0 fully saturated rings. The molecule has 2 N–H and O–H groups in total. The largest absolute Gasteiger partial charge is 0.491 e. The fourth-order valence-electron chi connectivity index (χ4n) is 1.30. The highest BCUT2D eigenvalue weighted by atomic mass is 16.5. The quantitative estimate of drug-likeness (QED) is 0.631. The molecule has 0 bridgehead atoms. The molecule has 0 saturated carbocycles. The molecule has 0 aliphatic carbocycles. The van der Waals surface area contributed by atoms with Gasteiger partial charge in [0.1, 0.15) is 12.4 Å². The first-order chi connectivity index (χ1) is 8.33. The van der Waals surface area contributed by atoms with E-state index >= 15 is 0 Å². The minimum Gasteiger partial charge on any atom is -0.491 e. The van der Waals surface area contributed by atoms with Gasteiger partial charge in [-0.05, 0) is 19.1 Å². The molecular weight excluding hydrogens is 218 g/mol. The van der Waals surface area contributed by atoms with Gasteiger partial charge in [0.15, 0.2) is 0 Å². The molecule has 4 heteroatoms. The molecule has 0 aromatic heterocycles. The Kier molecular flexibility index (Phi) is 7.38. The number of benzene rings is 1. The van der Waals surface area contributed by atoms with E-state index in [1.807, 2.05) is 31.2 Å². The van der Waals surface area contributed by atoms with Crippen molar-refractivity contribution in [3.63, 3.8) is 0 Å². The van der Waals surface area contributed by atoms with Gasteiger partial charge in [0.05, 0.1) is 19.8 Å². The molecule has 1 rings (SSSR count). The molecule has 0 amide bonds. The maximum absolute atomic E-state index is 8.53. The van der Waals surface area contributed by atoms with Crippen molar-refractivity contribution in [2.75, 3.05) is 39.5 Å². The van der Waals surface area contributed by atoms with Gasteiger partial charge in [-0.15, -0.1) is 0 Å². The molecule has 0 aliphatic heterocycles. The number of ether oxygens (including phenoxy) is 2. The van der Waals surface area contributed by atoms with E-state index in [0.29, 0.717) is 26.4 Å². The number of rotatable bonds is 9. The molecule has 0 spiro atoms. The van der Waals surface area contributed by atoms with Gasteiger partial charge < -0.3 is 19.9 Å². The smallest absolute Gasteiger partial charge is 0.119 e. The zero-order valence-corrected chi connectivity index (χ0v) is 10.3. The van der Waals surface area contributed by atoms with Crippen LogP contribution in [0.25, 0.3) is 0 Å². The van der Waals surface area contributed by atoms with E-state index in [2.05, 4.69) is 5.32 Å². The van der Waals surface area contributed by atoms with Gasteiger partial charge in [-0.3, -0.25) is 0 Å². The summed E-state index contributed by atoms with van der Waals surface area (Å²) in [4.78, 5) is 0. The van der Waals surface area contributed by atoms with Crippen LogP contribution in [0, 0.1) is 6.92 Å². The van der Waals surface area contributed by atoms with Gasteiger partial charge in [0, 0.05) is 13.1 Å². The summed E-state index contributed by atoms with van der Waals surface area (Å²) in [5.41, 5.74) is 1.23. The second-order valence-corrected chi connectivity index (χ2v) is 3.75. The Hall–Kier alpha value is -1.10. The van der Waals surface area contributed by atoms with Gasteiger partial charge >= 0.3 is 0 Å². The predicted molar refractivity (Wildman–Crippen MR) is 67.4 cm³/mol. The lowest BCUT2D eigenvalue weighted by Gasteiger charge is -2.07. The van der Waals surface area contributed by atoms with Crippen LogP contribution < -0.4 is 10.1 Å². The van der Waals surface area contributed by atoms with Crippen molar-refractivity contribution in [1.29, 1.82) is 0 Å². The summed E-state index contributed by atoms with van der Waals surface area (Å²) in [7, 11) is 0. The number of nitrogens with one attached hydrogen (secondary N) is 1. The fourth-order valence-corrected chi connectivity index (χ4v) is 1.30. The normalized spacial score (nSPS) is 10.5. The number of aliphatic hydroxyl groups excluding tert-OH is 1. The highest BCUT2D eigenvalue weighted by Gasteiger charge is 1.93. The topological polar surface area (TPSA) is 50.7 Å². The summed E-state index contributed by atoms with van der Waals surface area (Å²) in [5, 5.41) is 11.6. The summed E-state index contributed by atoms with van der Waals surface area (Å²) in [5.74, 6) is 0.873. The third-order valence-electron chi connectivity index (χ3n) is 2.23. The molecule has 0 saturated heterocycles. The predicted octanol–water partition coefficient (Wildman–Crippen LogP) is 0.972. The molecule has 1 aromatic carbocycles. The average molecular weight is 239 g/mol. The minimum atomic E-state index is 0.163. The number of hydrogen-bond acceptors (Lipinski definition) is 4. The first kappa shape index (κ1) is 14.0. The van der Waals surface area contributed by atoms with E-state index in [0.717, 1.165) is 12.3 Å². The van der Waals surface area contributed by atoms with Crippen LogP contribution in [0.2, 0.25) is 0 Å². The molecule has 4 nitrogen and oxygen atoms in total. The molecule has 17 heavy (non-hydrogen) atoms. The lowest BCUT2D eigenvalue weighted by molar-refractivity contribution is 0.101. The van der Waals surface area contributed by atoms with E-state index < -0.39 is 0 Å². The van der Waals surface area contributed by atoms with E-state index in [-0.39, 0.29) is 6.61 Å². The van der Waals surface area contributed by atoms with Gasteiger partial charge in [-0.2, -0.15) is 0 Å². The van der Waals surface area contributed by atoms with Crippen molar-refractivity contribution in [3.8, 4) is 5.75 Å². The molecule has 0 heterocycles. The average Bonchev–Trinajstić information content (AvgIpc) is 2.35. The third kappa shape index (κ3) is 6.94. The maximum Gasteiger partial charge on any atom is 0.119 e. The Morgan fingerprint density at radius 2 is 1.82 bits per heavy atom. The van der Waals surface area contributed by atoms with Crippen molar-refractivity contribution in [2.45, 2.75) is 6.92 Å². The Morgan fingerprint density at radius 3 is 2.53 bits per heavy atom. The summed E-state index contributed by atoms with van der Waals surface area (Å²) in [6.45, 7) is 5.35. The zero-order chi connectivity index (χ0) is 12.3. The molecule has 1 aromatic rings. The minimum absolute atomic E-state index is 0.163. The van der Waals surface area contributed by atoms with Crippen molar-refractivity contribution >= 4 is 0 Å². The van der Waals surface area contributed by atoms with Crippen LogP contribution in [0.4, 0.5) is 0 Å². The number of hydrogen-bond donors (Lipinski definition) is 2. The number of aryl methyl sites for hydroxylation is 1. The standard InChI is InChI=1S/C13H21NO3/c1-12-2-4-13(5-3-12)17-11-10-16-9-7-14-6-8-15/h2-5,14-15H,6-11H2,1H3. The zero-order valence-electron chi connectivity index (χ0n) is 10.3. The lowest BCUT2D eigenvalue weighted by atomic mass is 10.2. The van der Waals surface area contributed by atoms with Crippen molar-refractivity contribution in [1.82, 2.24) is 5.32 Å². The van der Waals surface area contributed by atoms with Crippen LogP contribution in [-0.4, -0.2) is 44.6 Å². The third-order valence-corrected chi connectivity index (χ3v) is 2.23. The first-order valence-corrected chi connectivity index (χ1v) is 5.91. The lowest BCUT2D eigenvalue weighted by Crippen LogP contribution is -2.23. The van der Waals surface area contributed by atoms with Crippen LogP contribution >= 0.6 is 0 Å². The SMILES string of the molecule is Cc1ccc(OCCOCCNCCO)cc1. The molecule has 96 valence electrons. The van der Waals surface area contributed by atoms with Crippen molar-refractivity contribution in [2.24, 2.45) is 0 Å². The molecule has 0 aliphatic rings. The highest BCUT2D eigenvalue weighted by molar-refractivity contribution is 5.26. The van der Waals surface area contributed by atoms with Crippen LogP contribution in [0.1, 0.15) is 5.56 Å². The molecule has 0 unspecified atom stereocenters. The van der Waals surface area contributed by atoms with E-state index in [9.17, 15) is 0 Å². The van der Waals surface area contributed by atoms with Crippen molar-refractivity contribution < 1.29 is 14.6 Å². The van der Waals surface area contributed by atoms with Crippen LogP contribution in [0.5, 0.6) is 5.75 Å². The van der Waals surface area contributed by atoms with Gasteiger partial charge in [0.2, 0.25) is 0 Å². The van der Waals surface area contributed by atoms with Gasteiger partial charge in [-0.1, -0.05) is 17.7 Å². The van der Waals surface area contributed by atoms with E-state index in [4.69, 9.17) is 14.6 Å². The van der Waals surface area contributed by atoms with Crippen LogP contribution in [0.3, 0.4) is 0 Å². The summed E-state index contributed by atoms with van der Waals surface area (Å²) in [6, 6.07) is 7.96. The van der Waals surface area contributed by atoms with Crippen molar-refractivity contribution in [3.05, 3.63) is 29.8 Å². The Morgan fingerprint density at radius 1 is 1.06 bits per heavy atom. The Bertz CT molecular complexity index is 287. The summed E-state index contributed by atoms with van der Waals surface area (Å²) >= 11 is 0. The monoisotopic (exact) mass is 239 g/mol. The Labute approximate surface area is 103 Å². The second kappa shape index (κ2) is 8.98. The van der Waals surface area contributed by atoms with E-state index in [1.165, 1.54) is 5.56 Å². The second-order valence-electron chi connectivity index (χ2n) is 3.75.